The predicted octanol–water partition coefficient (Wildman–Crippen LogP) is 10.6. The van der Waals surface area contributed by atoms with Gasteiger partial charge in [0.05, 0.1) is 57.0 Å². The van der Waals surface area contributed by atoms with Crippen LogP contribution in [0.4, 0.5) is 17.1 Å². The number of aryl methyl sites for hydroxylation is 1. The summed E-state index contributed by atoms with van der Waals surface area (Å²) in [5.74, 6) is 0. The number of hydrogen-bond donors (Lipinski definition) is 0. The third-order valence-corrected chi connectivity index (χ3v) is 9.53. The van der Waals surface area contributed by atoms with Crippen LogP contribution in [0.1, 0.15) is 41.7 Å². The van der Waals surface area contributed by atoms with Gasteiger partial charge in [0.1, 0.15) is 0 Å². The van der Waals surface area contributed by atoms with Gasteiger partial charge >= 0.3 is 0 Å². The average molecular weight is 591 g/mol. The summed E-state index contributed by atoms with van der Waals surface area (Å²) in [7, 11) is 0. The molecule has 1 aliphatic heterocycles. The molecule has 6 aromatic carbocycles. The fourth-order valence-electron chi connectivity index (χ4n) is 7.45. The molecular weight excluding hydrogens is 560 g/mol. The van der Waals surface area contributed by atoms with Gasteiger partial charge in [-0.15, -0.1) is 0 Å². The zero-order valence-electron chi connectivity index (χ0n) is 25.9. The molecule has 0 spiro atoms. The van der Waals surface area contributed by atoms with Crippen LogP contribution in [-0.2, 0) is 5.41 Å². The van der Waals surface area contributed by atoms with Gasteiger partial charge in [0.25, 0.3) is 0 Å². The Morgan fingerprint density at radius 1 is 0.543 bits per heavy atom. The molecule has 46 heavy (non-hydrogen) atoms. The van der Waals surface area contributed by atoms with E-state index in [4.69, 9.17) is 0 Å². The average Bonchev–Trinajstić information content (AvgIpc) is 3.42. The van der Waals surface area contributed by atoms with E-state index < -0.39 is 0 Å². The molecule has 0 N–H and O–H groups in total. The van der Waals surface area contributed by atoms with Crippen LogP contribution in [0.25, 0.3) is 38.6 Å². The fraction of sp³-hybridized carbons (Fsp3) is 0.0952. The summed E-state index contributed by atoms with van der Waals surface area (Å²) in [5, 5.41) is 22.7. The lowest BCUT2D eigenvalue weighted by atomic mass is 9.73. The Labute approximate surface area is 268 Å². The van der Waals surface area contributed by atoms with Gasteiger partial charge in [0, 0.05) is 27.3 Å². The maximum absolute atomic E-state index is 10.2. The Morgan fingerprint density at radius 2 is 1.07 bits per heavy atom. The molecule has 0 saturated carbocycles. The van der Waals surface area contributed by atoms with Crippen molar-refractivity contribution in [2.24, 2.45) is 0 Å². The molecule has 0 amide bonds. The molecule has 0 aliphatic carbocycles. The van der Waals surface area contributed by atoms with E-state index in [0.717, 1.165) is 50.5 Å². The maximum Gasteiger partial charge on any atom is 0.0991 e. The summed E-state index contributed by atoms with van der Waals surface area (Å²) in [6, 6.07) is 48.8. The van der Waals surface area contributed by atoms with Gasteiger partial charge < -0.3 is 9.47 Å². The third-order valence-electron chi connectivity index (χ3n) is 9.53. The molecule has 4 heteroatoms. The highest BCUT2D eigenvalue weighted by Crippen LogP contribution is 2.54. The van der Waals surface area contributed by atoms with Crippen LogP contribution in [-0.4, -0.2) is 4.57 Å². The van der Waals surface area contributed by atoms with Crippen molar-refractivity contribution in [1.29, 1.82) is 10.5 Å². The summed E-state index contributed by atoms with van der Waals surface area (Å²) in [5.41, 5.74) is 12.5. The minimum absolute atomic E-state index is 0.206. The third kappa shape index (κ3) is 3.91. The van der Waals surface area contributed by atoms with E-state index in [9.17, 15) is 10.5 Å². The van der Waals surface area contributed by atoms with E-state index in [-0.39, 0.29) is 5.41 Å². The van der Waals surface area contributed by atoms with Crippen molar-refractivity contribution in [3.8, 4) is 29.0 Å². The standard InChI is InChI=1S/C42H30N4/c1-27-22-29(26-44)24-33(41(27)46-36-16-8-4-12-30(36)31-13-5-9-17-37(31)46)32-23-28(25-43)20-21-38(32)45-39-18-10-6-14-34(39)42(2,3)35-15-7-11-19-40(35)45/h4-24H,1-3H3. The summed E-state index contributed by atoms with van der Waals surface area (Å²) in [6.45, 7) is 6.63. The second-order valence-electron chi connectivity index (χ2n) is 12.5. The monoisotopic (exact) mass is 590 g/mol. The van der Waals surface area contributed by atoms with Crippen molar-refractivity contribution in [3.63, 3.8) is 0 Å². The van der Waals surface area contributed by atoms with E-state index in [2.05, 4.69) is 146 Å². The molecule has 0 atom stereocenters. The zero-order valence-corrected chi connectivity index (χ0v) is 25.9. The Bertz CT molecular complexity index is 2350. The Kier molecular flexibility index (Phi) is 6.11. The number of hydrogen-bond acceptors (Lipinski definition) is 3. The molecule has 1 aliphatic rings. The van der Waals surface area contributed by atoms with Crippen molar-refractivity contribution < 1.29 is 0 Å². The van der Waals surface area contributed by atoms with Gasteiger partial charge in [-0.2, -0.15) is 10.5 Å². The van der Waals surface area contributed by atoms with E-state index in [0.29, 0.717) is 11.1 Å². The summed E-state index contributed by atoms with van der Waals surface area (Å²) < 4.78 is 2.32. The molecule has 4 nitrogen and oxygen atoms in total. The van der Waals surface area contributed by atoms with Crippen LogP contribution in [0.2, 0.25) is 0 Å². The Morgan fingerprint density at radius 3 is 1.65 bits per heavy atom. The summed E-state index contributed by atoms with van der Waals surface area (Å²) in [6.07, 6.45) is 0. The number of anilines is 3. The molecule has 0 fully saturated rings. The number of rotatable bonds is 3. The molecule has 0 unspecified atom stereocenters. The smallest absolute Gasteiger partial charge is 0.0991 e. The number of nitrogens with zero attached hydrogens (tertiary/aromatic N) is 4. The molecule has 218 valence electrons. The molecule has 7 aromatic rings. The minimum atomic E-state index is -0.206. The first kappa shape index (κ1) is 27.4. The lowest BCUT2D eigenvalue weighted by molar-refractivity contribution is 0.632. The van der Waals surface area contributed by atoms with Gasteiger partial charge in [-0.05, 0) is 78.2 Å². The van der Waals surface area contributed by atoms with Crippen LogP contribution in [0.5, 0.6) is 0 Å². The van der Waals surface area contributed by atoms with E-state index in [1.807, 2.05) is 24.3 Å². The highest BCUT2D eigenvalue weighted by Gasteiger charge is 2.37. The molecule has 2 heterocycles. The normalized spacial score (nSPS) is 13.2. The first-order valence-electron chi connectivity index (χ1n) is 15.5. The molecule has 0 radical (unpaired) electrons. The number of fused-ring (bicyclic) bond motifs is 5. The van der Waals surface area contributed by atoms with Crippen LogP contribution >= 0.6 is 0 Å². The van der Waals surface area contributed by atoms with Crippen molar-refractivity contribution >= 4 is 38.9 Å². The number of aromatic nitrogens is 1. The van der Waals surface area contributed by atoms with Gasteiger partial charge in [-0.25, -0.2) is 0 Å². The number of benzene rings is 6. The minimum Gasteiger partial charge on any atom is -0.309 e. The lowest BCUT2D eigenvalue weighted by Crippen LogP contribution is -2.30. The largest absolute Gasteiger partial charge is 0.309 e. The predicted molar refractivity (Wildman–Crippen MR) is 187 cm³/mol. The van der Waals surface area contributed by atoms with Crippen molar-refractivity contribution in [1.82, 2.24) is 4.57 Å². The van der Waals surface area contributed by atoms with Crippen LogP contribution < -0.4 is 4.90 Å². The van der Waals surface area contributed by atoms with Crippen molar-refractivity contribution in [2.45, 2.75) is 26.2 Å². The van der Waals surface area contributed by atoms with Crippen LogP contribution in [0.15, 0.2) is 127 Å². The second-order valence-corrected chi connectivity index (χ2v) is 12.5. The maximum atomic E-state index is 10.2. The van der Waals surface area contributed by atoms with E-state index >= 15 is 0 Å². The van der Waals surface area contributed by atoms with Gasteiger partial charge in [-0.1, -0.05) is 86.6 Å². The quantitative estimate of drug-likeness (QED) is 0.206. The van der Waals surface area contributed by atoms with Crippen molar-refractivity contribution in [3.05, 3.63) is 155 Å². The highest BCUT2D eigenvalue weighted by molar-refractivity contribution is 6.10. The van der Waals surface area contributed by atoms with E-state index in [1.54, 1.807) is 0 Å². The highest BCUT2D eigenvalue weighted by atomic mass is 15.2. The fourth-order valence-corrected chi connectivity index (χ4v) is 7.45. The van der Waals surface area contributed by atoms with Gasteiger partial charge in [-0.3, -0.25) is 0 Å². The van der Waals surface area contributed by atoms with Gasteiger partial charge in [0.15, 0.2) is 0 Å². The van der Waals surface area contributed by atoms with Crippen LogP contribution in [0, 0.1) is 29.6 Å². The second kappa shape index (κ2) is 10.2. The first-order valence-corrected chi connectivity index (χ1v) is 15.5. The first-order chi connectivity index (χ1) is 22.4. The van der Waals surface area contributed by atoms with Crippen LogP contribution in [0.3, 0.4) is 0 Å². The van der Waals surface area contributed by atoms with E-state index in [1.165, 1.54) is 21.9 Å². The topological polar surface area (TPSA) is 55.8 Å². The summed E-state index contributed by atoms with van der Waals surface area (Å²) >= 11 is 0. The van der Waals surface area contributed by atoms with Gasteiger partial charge in [0.2, 0.25) is 0 Å². The lowest BCUT2D eigenvalue weighted by Gasteiger charge is -2.42. The van der Waals surface area contributed by atoms with Crippen molar-refractivity contribution in [2.75, 3.05) is 4.90 Å². The molecule has 1 aromatic heterocycles. The molecule has 0 saturated heterocycles. The SMILES string of the molecule is Cc1cc(C#N)cc(-c2cc(C#N)ccc2N2c3ccccc3C(C)(C)c3ccccc32)c1-n1c2ccccc2c2ccccc21. The Hall–Kier alpha value is -6.10. The zero-order chi connectivity index (χ0) is 31.6. The Balaban J connectivity index is 1.51. The molecule has 0 bridgehead atoms. The number of nitriles is 2. The molecule has 8 rings (SSSR count). The summed E-state index contributed by atoms with van der Waals surface area (Å²) in [4.78, 5) is 2.33. The number of para-hydroxylation sites is 4. The molecular formula is C42H30N4.